The molecule has 28 heavy (non-hydrogen) atoms. The maximum absolute atomic E-state index is 12.5. The van der Waals surface area contributed by atoms with Crippen molar-refractivity contribution in [3.63, 3.8) is 0 Å². The number of hydrogen-bond acceptors (Lipinski definition) is 6. The van der Waals surface area contributed by atoms with Gasteiger partial charge in [0, 0.05) is 18.8 Å². The van der Waals surface area contributed by atoms with E-state index in [1.165, 1.54) is 0 Å². The molecule has 1 aliphatic rings. The summed E-state index contributed by atoms with van der Waals surface area (Å²) in [5.41, 5.74) is 2.78. The van der Waals surface area contributed by atoms with E-state index in [1.807, 2.05) is 49.4 Å². The topological polar surface area (TPSA) is 63.7 Å². The summed E-state index contributed by atoms with van der Waals surface area (Å²) in [4.78, 5) is 19.5. The molecule has 1 aliphatic heterocycles. The molecule has 1 N–H and O–H groups in total. The SMILES string of the molecule is Cc1cccc(O[C@@H](C)C(=O)Nc2ccc3nc(N4CCOCC4)sc3c2)c1. The van der Waals surface area contributed by atoms with Crippen LogP contribution in [0.4, 0.5) is 10.8 Å². The number of nitrogens with one attached hydrogen (secondary N) is 1. The first-order chi connectivity index (χ1) is 13.6. The summed E-state index contributed by atoms with van der Waals surface area (Å²) in [5.74, 6) is 0.509. The molecule has 0 aliphatic carbocycles. The van der Waals surface area contributed by atoms with E-state index >= 15 is 0 Å². The van der Waals surface area contributed by atoms with E-state index in [1.54, 1.807) is 18.3 Å². The quantitative estimate of drug-likeness (QED) is 0.709. The Morgan fingerprint density at radius 2 is 2.07 bits per heavy atom. The van der Waals surface area contributed by atoms with Crippen LogP contribution in [-0.4, -0.2) is 43.3 Å². The zero-order valence-corrected chi connectivity index (χ0v) is 16.8. The molecule has 0 unspecified atom stereocenters. The Labute approximate surface area is 168 Å². The Morgan fingerprint density at radius 3 is 2.86 bits per heavy atom. The van der Waals surface area contributed by atoms with Crippen molar-refractivity contribution < 1.29 is 14.3 Å². The van der Waals surface area contributed by atoms with Crippen LogP contribution in [0.2, 0.25) is 0 Å². The summed E-state index contributed by atoms with van der Waals surface area (Å²) >= 11 is 1.63. The van der Waals surface area contributed by atoms with E-state index in [-0.39, 0.29) is 5.91 Å². The molecule has 0 bridgehead atoms. The second kappa shape index (κ2) is 8.16. The lowest BCUT2D eigenvalue weighted by atomic mass is 10.2. The molecular weight excluding hydrogens is 374 g/mol. The van der Waals surface area contributed by atoms with Crippen molar-refractivity contribution in [2.45, 2.75) is 20.0 Å². The molecule has 2 aromatic carbocycles. The summed E-state index contributed by atoms with van der Waals surface area (Å²) in [7, 11) is 0. The average Bonchev–Trinajstić information content (AvgIpc) is 3.12. The van der Waals surface area contributed by atoms with Crippen LogP contribution in [-0.2, 0) is 9.53 Å². The highest BCUT2D eigenvalue weighted by Crippen LogP contribution is 2.31. The van der Waals surface area contributed by atoms with Gasteiger partial charge in [0.25, 0.3) is 5.91 Å². The number of amides is 1. The van der Waals surface area contributed by atoms with Gasteiger partial charge in [0.2, 0.25) is 0 Å². The van der Waals surface area contributed by atoms with Gasteiger partial charge in [-0.25, -0.2) is 4.98 Å². The number of hydrogen-bond donors (Lipinski definition) is 1. The van der Waals surface area contributed by atoms with E-state index < -0.39 is 6.10 Å². The van der Waals surface area contributed by atoms with Gasteiger partial charge in [-0.1, -0.05) is 23.5 Å². The van der Waals surface area contributed by atoms with Crippen molar-refractivity contribution in [2.24, 2.45) is 0 Å². The first kappa shape index (κ1) is 18.7. The number of aryl methyl sites for hydroxylation is 1. The minimum atomic E-state index is -0.595. The van der Waals surface area contributed by atoms with Crippen molar-refractivity contribution in [3.8, 4) is 5.75 Å². The fourth-order valence-electron chi connectivity index (χ4n) is 3.07. The number of rotatable bonds is 5. The second-order valence-electron chi connectivity index (χ2n) is 6.84. The smallest absolute Gasteiger partial charge is 0.265 e. The number of ether oxygens (including phenoxy) is 2. The fourth-order valence-corrected chi connectivity index (χ4v) is 4.13. The molecule has 0 saturated carbocycles. The lowest BCUT2D eigenvalue weighted by molar-refractivity contribution is -0.122. The highest BCUT2D eigenvalue weighted by atomic mass is 32.1. The molecule has 1 saturated heterocycles. The molecule has 1 atom stereocenters. The van der Waals surface area contributed by atoms with E-state index in [2.05, 4.69) is 10.2 Å². The highest BCUT2D eigenvalue weighted by molar-refractivity contribution is 7.22. The van der Waals surface area contributed by atoms with Gasteiger partial charge < -0.3 is 19.7 Å². The van der Waals surface area contributed by atoms with E-state index in [9.17, 15) is 4.79 Å². The summed E-state index contributed by atoms with van der Waals surface area (Å²) < 4.78 is 12.2. The Balaban J connectivity index is 1.44. The Hall–Kier alpha value is -2.64. The monoisotopic (exact) mass is 397 g/mol. The Kier molecular flexibility index (Phi) is 5.45. The number of carbonyl (C=O) groups excluding carboxylic acids is 1. The third-order valence-electron chi connectivity index (χ3n) is 4.60. The summed E-state index contributed by atoms with van der Waals surface area (Å²) in [6.45, 7) is 6.92. The zero-order valence-electron chi connectivity index (χ0n) is 16.0. The number of benzene rings is 2. The Bertz CT molecular complexity index is 982. The van der Waals surface area contributed by atoms with Crippen molar-refractivity contribution >= 4 is 38.3 Å². The van der Waals surface area contributed by atoms with Gasteiger partial charge in [0.15, 0.2) is 11.2 Å². The minimum Gasteiger partial charge on any atom is -0.481 e. The normalized spacial score (nSPS) is 15.4. The highest BCUT2D eigenvalue weighted by Gasteiger charge is 2.17. The molecule has 1 aromatic heterocycles. The van der Waals surface area contributed by atoms with E-state index in [0.717, 1.165) is 52.9 Å². The fraction of sp³-hybridized carbons (Fsp3) is 0.333. The molecule has 0 radical (unpaired) electrons. The van der Waals surface area contributed by atoms with Gasteiger partial charge in [0.1, 0.15) is 5.75 Å². The molecule has 2 heterocycles. The van der Waals surface area contributed by atoms with Crippen LogP contribution in [0.15, 0.2) is 42.5 Å². The van der Waals surface area contributed by atoms with Crippen molar-refractivity contribution in [1.29, 1.82) is 0 Å². The van der Waals surface area contributed by atoms with Gasteiger partial charge in [-0.15, -0.1) is 0 Å². The van der Waals surface area contributed by atoms with Crippen LogP contribution in [0.3, 0.4) is 0 Å². The minimum absolute atomic E-state index is 0.182. The van der Waals surface area contributed by atoms with Gasteiger partial charge >= 0.3 is 0 Å². The average molecular weight is 398 g/mol. The number of nitrogens with zero attached hydrogens (tertiary/aromatic N) is 2. The first-order valence-electron chi connectivity index (χ1n) is 9.36. The summed E-state index contributed by atoms with van der Waals surface area (Å²) in [6.07, 6.45) is -0.595. The molecule has 146 valence electrons. The number of fused-ring (bicyclic) bond motifs is 1. The molecular formula is C21H23N3O3S. The maximum atomic E-state index is 12.5. The van der Waals surface area contributed by atoms with E-state index in [4.69, 9.17) is 14.5 Å². The first-order valence-corrected chi connectivity index (χ1v) is 10.2. The molecule has 3 aromatic rings. The van der Waals surface area contributed by atoms with E-state index in [0.29, 0.717) is 5.75 Å². The molecule has 6 nitrogen and oxygen atoms in total. The van der Waals surface area contributed by atoms with Gasteiger partial charge in [-0.2, -0.15) is 0 Å². The number of morpholine rings is 1. The van der Waals surface area contributed by atoms with Crippen LogP contribution in [0, 0.1) is 6.92 Å². The third-order valence-corrected chi connectivity index (χ3v) is 5.68. The van der Waals surface area contributed by atoms with Gasteiger partial charge in [-0.3, -0.25) is 4.79 Å². The van der Waals surface area contributed by atoms with Crippen LogP contribution in [0.5, 0.6) is 5.75 Å². The largest absolute Gasteiger partial charge is 0.481 e. The molecule has 7 heteroatoms. The number of carbonyl (C=O) groups is 1. The summed E-state index contributed by atoms with van der Waals surface area (Å²) in [6, 6.07) is 13.5. The molecule has 1 amide bonds. The van der Waals surface area contributed by atoms with Crippen molar-refractivity contribution in [3.05, 3.63) is 48.0 Å². The predicted octanol–water partition coefficient (Wildman–Crippen LogP) is 3.85. The number of aromatic nitrogens is 1. The Morgan fingerprint density at radius 1 is 1.25 bits per heavy atom. The predicted molar refractivity (Wildman–Crippen MR) is 113 cm³/mol. The number of thiazole rings is 1. The molecule has 4 rings (SSSR count). The van der Waals surface area contributed by atoms with Crippen LogP contribution < -0.4 is 15.0 Å². The van der Waals surface area contributed by atoms with Crippen LogP contribution >= 0.6 is 11.3 Å². The number of anilines is 2. The summed E-state index contributed by atoms with van der Waals surface area (Å²) in [5, 5.41) is 3.94. The molecule has 1 fully saturated rings. The molecule has 0 spiro atoms. The van der Waals surface area contributed by atoms with Gasteiger partial charge in [0.05, 0.1) is 23.4 Å². The van der Waals surface area contributed by atoms with Crippen molar-refractivity contribution in [2.75, 3.05) is 36.5 Å². The van der Waals surface area contributed by atoms with Crippen LogP contribution in [0.25, 0.3) is 10.2 Å². The van der Waals surface area contributed by atoms with Gasteiger partial charge in [-0.05, 0) is 49.7 Å². The maximum Gasteiger partial charge on any atom is 0.265 e. The van der Waals surface area contributed by atoms with Crippen molar-refractivity contribution in [1.82, 2.24) is 4.98 Å². The standard InChI is InChI=1S/C21H23N3O3S/c1-14-4-3-5-17(12-14)27-15(2)20(25)22-16-6-7-18-19(13-16)28-21(23-18)24-8-10-26-11-9-24/h3-7,12-13,15H,8-11H2,1-2H3,(H,22,25)/t15-/m0/s1. The lowest BCUT2D eigenvalue weighted by Gasteiger charge is -2.25. The third kappa shape index (κ3) is 4.26. The second-order valence-corrected chi connectivity index (χ2v) is 7.85. The van der Waals surface area contributed by atoms with Crippen LogP contribution in [0.1, 0.15) is 12.5 Å². The lowest BCUT2D eigenvalue weighted by Crippen LogP contribution is -2.36. The zero-order chi connectivity index (χ0) is 19.5.